The Balaban J connectivity index is 1.45. The number of hydrogen-bond donors (Lipinski definition) is 0. The maximum absolute atomic E-state index is 5.86. The van der Waals surface area contributed by atoms with Crippen LogP contribution in [0.1, 0.15) is 32.6 Å². The van der Waals surface area contributed by atoms with Crippen molar-refractivity contribution in [3.8, 4) is 17.0 Å². The van der Waals surface area contributed by atoms with Gasteiger partial charge in [-0.05, 0) is 69.1 Å². The van der Waals surface area contributed by atoms with E-state index in [0.717, 1.165) is 42.6 Å². The molecule has 5 heteroatoms. The summed E-state index contributed by atoms with van der Waals surface area (Å²) in [6.07, 6.45) is 5.10. The fourth-order valence-electron chi connectivity index (χ4n) is 3.14. The number of piperidine rings is 1. The van der Waals surface area contributed by atoms with Gasteiger partial charge in [0.1, 0.15) is 5.75 Å². The Bertz CT molecular complexity index is 630. The molecule has 2 heterocycles. The lowest BCUT2D eigenvalue weighted by Crippen LogP contribution is -2.38. The molecule has 4 nitrogen and oxygen atoms in total. The van der Waals surface area contributed by atoms with E-state index in [-0.39, 0.29) is 0 Å². The molecule has 0 aliphatic carbocycles. The van der Waals surface area contributed by atoms with Gasteiger partial charge in [0.25, 0.3) is 0 Å². The molecular formula is C19H24ClN3O. The van der Waals surface area contributed by atoms with Crippen LogP contribution in [0.4, 0.5) is 0 Å². The second-order valence-corrected chi connectivity index (χ2v) is 6.74. The first kappa shape index (κ1) is 17.2. The number of nitrogens with zero attached hydrogens (tertiary/aromatic N) is 3. The summed E-state index contributed by atoms with van der Waals surface area (Å²) in [5.74, 6) is 0.896. The summed E-state index contributed by atoms with van der Waals surface area (Å²) in [5, 5.41) is 8.36. The van der Waals surface area contributed by atoms with E-state index in [4.69, 9.17) is 16.3 Å². The van der Waals surface area contributed by atoms with E-state index in [1.165, 1.54) is 25.8 Å². The highest BCUT2D eigenvalue weighted by Gasteiger charge is 2.17. The zero-order valence-electron chi connectivity index (χ0n) is 14.1. The minimum absolute atomic E-state index is 0.404. The number of halogens is 1. The van der Waals surface area contributed by atoms with Crippen LogP contribution >= 0.6 is 11.6 Å². The van der Waals surface area contributed by atoms with Gasteiger partial charge in [0.2, 0.25) is 0 Å². The van der Waals surface area contributed by atoms with Crippen molar-refractivity contribution in [2.45, 2.75) is 38.6 Å². The Morgan fingerprint density at radius 2 is 1.96 bits per heavy atom. The normalized spacial score (nSPS) is 18.5. The van der Waals surface area contributed by atoms with Gasteiger partial charge in [0.15, 0.2) is 5.15 Å². The summed E-state index contributed by atoms with van der Waals surface area (Å²) in [4.78, 5) is 2.58. The maximum Gasteiger partial charge on any atom is 0.151 e. The van der Waals surface area contributed by atoms with Gasteiger partial charge in [0, 0.05) is 18.2 Å². The van der Waals surface area contributed by atoms with Gasteiger partial charge >= 0.3 is 0 Å². The van der Waals surface area contributed by atoms with Crippen molar-refractivity contribution in [3.63, 3.8) is 0 Å². The lowest BCUT2D eigenvalue weighted by atomic mass is 10.0. The van der Waals surface area contributed by atoms with Crippen LogP contribution < -0.4 is 4.74 Å². The van der Waals surface area contributed by atoms with Crippen molar-refractivity contribution in [1.82, 2.24) is 15.1 Å². The van der Waals surface area contributed by atoms with Crippen molar-refractivity contribution in [2.75, 3.05) is 19.7 Å². The molecule has 128 valence electrons. The first-order valence-electron chi connectivity index (χ1n) is 8.69. The van der Waals surface area contributed by atoms with E-state index in [1.54, 1.807) is 6.07 Å². The predicted molar refractivity (Wildman–Crippen MR) is 97.5 cm³/mol. The molecule has 1 aromatic carbocycles. The SMILES string of the molecule is CC1CCCCN1CCCOc1ccc(-c2ccc(Cl)nn2)cc1. The smallest absolute Gasteiger partial charge is 0.151 e. The zero-order valence-corrected chi connectivity index (χ0v) is 14.9. The fraction of sp³-hybridized carbons (Fsp3) is 0.474. The Morgan fingerprint density at radius 1 is 1.12 bits per heavy atom. The van der Waals surface area contributed by atoms with Crippen LogP contribution in [-0.4, -0.2) is 40.8 Å². The van der Waals surface area contributed by atoms with Gasteiger partial charge in [-0.15, -0.1) is 10.2 Å². The molecule has 1 atom stereocenters. The standard InChI is InChI=1S/C19H24ClN3O/c1-15-5-2-3-12-23(15)13-4-14-24-17-8-6-16(7-9-17)18-10-11-19(20)22-21-18/h6-11,15H,2-5,12-14H2,1H3. The van der Waals surface area contributed by atoms with Gasteiger partial charge in [-0.1, -0.05) is 18.0 Å². The molecule has 1 fully saturated rings. The average Bonchev–Trinajstić information content (AvgIpc) is 2.61. The van der Waals surface area contributed by atoms with Gasteiger partial charge < -0.3 is 9.64 Å². The Morgan fingerprint density at radius 3 is 2.67 bits per heavy atom. The van der Waals surface area contributed by atoms with Crippen molar-refractivity contribution in [1.29, 1.82) is 0 Å². The van der Waals surface area contributed by atoms with E-state index < -0.39 is 0 Å². The van der Waals surface area contributed by atoms with Gasteiger partial charge in [-0.2, -0.15) is 0 Å². The molecule has 0 bridgehead atoms. The molecule has 0 amide bonds. The topological polar surface area (TPSA) is 38.2 Å². The van der Waals surface area contributed by atoms with Crippen LogP contribution in [0.2, 0.25) is 5.15 Å². The Labute approximate surface area is 148 Å². The first-order valence-corrected chi connectivity index (χ1v) is 9.07. The van der Waals surface area contributed by atoms with Gasteiger partial charge in [0.05, 0.1) is 12.3 Å². The predicted octanol–water partition coefficient (Wildman–Crippen LogP) is 4.44. The average molecular weight is 346 g/mol. The number of aromatic nitrogens is 2. The summed E-state index contributed by atoms with van der Waals surface area (Å²) in [6.45, 7) is 5.44. The third-order valence-electron chi connectivity index (χ3n) is 4.58. The number of hydrogen-bond acceptors (Lipinski definition) is 4. The minimum Gasteiger partial charge on any atom is -0.494 e. The van der Waals surface area contributed by atoms with Crippen LogP contribution in [-0.2, 0) is 0 Å². The summed E-state index contributed by atoms with van der Waals surface area (Å²) >= 11 is 5.76. The summed E-state index contributed by atoms with van der Waals surface area (Å²) < 4.78 is 5.86. The van der Waals surface area contributed by atoms with Gasteiger partial charge in [-0.25, -0.2) is 0 Å². The van der Waals surface area contributed by atoms with Crippen LogP contribution in [0.25, 0.3) is 11.3 Å². The van der Waals surface area contributed by atoms with E-state index in [9.17, 15) is 0 Å². The second-order valence-electron chi connectivity index (χ2n) is 6.35. The van der Waals surface area contributed by atoms with Gasteiger partial charge in [-0.3, -0.25) is 0 Å². The maximum atomic E-state index is 5.86. The molecule has 0 radical (unpaired) electrons. The summed E-state index contributed by atoms with van der Waals surface area (Å²) in [6, 6.07) is 12.3. The van der Waals surface area contributed by atoms with Crippen molar-refractivity contribution in [3.05, 3.63) is 41.6 Å². The van der Waals surface area contributed by atoms with Crippen LogP contribution in [0, 0.1) is 0 Å². The highest BCUT2D eigenvalue weighted by molar-refractivity contribution is 6.29. The number of benzene rings is 1. The van der Waals surface area contributed by atoms with Crippen LogP contribution in [0.5, 0.6) is 5.75 Å². The lowest BCUT2D eigenvalue weighted by molar-refractivity contribution is 0.148. The van der Waals surface area contributed by atoms with E-state index in [0.29, 0.717) is 5.15 Å². The molecule has 0 N–H and O–H groups in total. The monoisotopic (exact) mass is 345 g/mol. The zero-order chi connectivity index (χ0) is 16.8. The highest BCUT2D eigenvalue weighted by atomic mass is 35.5. The number of rotatable bonds is 6. The molecule has 1 aliphatic heterocycles. The van der Waals surface area contributed by atoms with Crippen LogP contribution in [0.15, 0.2) is 36.4 Å². The van der Waals surface area contributed by atoms with E-state index >= 15 is 0 Å². The second kappa shape index (κ2) is 8.45. The number of ether oxygens (including phenoxy) is 1. The fourth-order valence-corrected chi connectivity index (χ4v) is 3.24. The molecule has 0 spiro atoms. The van der Waals surface area contributed by atoms with Crippen molar-refractivity contribution >= 4 is 11.6 Å². The van der Waals surface area contributed by atoms with E-state index in [1.807, 2.05) is 30.3 Å². The molecule has 1 saturated heterocycles. The summed E-state index contributed by atoms with van der Waals surface area (Å²) in [7, 11) is 0. The summed E-state index contributed by atoms with van der Waals surface area (Å²) in [5.41, 5.74) is 1.82. The highest BCUT2D eigenvalue weighted by Crippen LogP contribution is 2.21. The van der Waals surface area contributed by atoms with Crippen molar-refractivity contribution in [2.24, 2.45) is 0 Å². The number of likely N-dealkylation sites (tertiary alicyclic amines) is 1. The third kappa shape index (κ3) is 4.68. The van der Waals surface area contributed by atoms with E-state index in [2.05, 4.69) is 22.0 Å². The molecule has 2 aromatic rings. The molecule has 0 saturated carbocycles. The molecule has 3 rings (SSSR count). The lowest BCUT2D eigenvalue weighted by Gasteiger charge is -2.33. The Kier molecular flexibility index (Phi) is 6.05. The van der Waals surface area contributed by atoms with Crippen LogP contribution in [0.3, 0.4) is 0 Å². The molecule has 1 aliphatic rings. The quantitative estimate of drug-likeness (QED) is 0.725. The molecule has 1 aromatic heterocycles. The van der Waals surface area contributed by atoms with Crippen molar-refractivity contribution < 1.29 is 4.74 Å². The Hall–Kier alpha value is -1.65. The largest absolute Gasteiger partial charge is 0.494 e. The molecular weight excluding hydrogens is 322 g/mol. The third-order valence-corrected chi connectivity index (χ3v) is 4.78. The first-order chi connectivity index (χ1) is 11.7. The molecule has 24 heavy (non-hydrogen) atoms. The molecule has 1 unspecified atom stereocenters. The minimum atomic E-state index is 0.404.